The number of hydrogen-bond donors (Lipinski definition) is 0. The van der Waals surface area contributed by atoms with Crippen molar-refractivity contribution in [2.24, 2.45) is 0 Å². The molecule has 1 heterocycles. The molecule has 1 saturated heterocycles. The summed E-state index contributed by atoms with van der Waals surface area (Å²) in [5.41, 5.74) is 0. The number of rotatable bonds is 3. The zero-order chi connectivity index (χ0) is 8.10. The van der Waals surface area contributed by atoms with Crippen molar-refractivity contribution in [1.29, 1.82) is 0 Å². The number of piperidine rings is 1. The van der Waals surface area contributed by atoms with Gasteiger partial charge in [-0.25, -0.2) is 0 Å². The van der Waals surface area contributed by atoms with Gasteiger partial charge in [0.1, 0.15) is 0 Å². The molecule has 0 saturated carbocycles. The maximum Gasteiger partial charge on any atom is 0.526 e. The normalized spacial score (nSPS) is 21.7. The van der Waals surface area contributed by atoms with Crippen LogP contribution in [0.4, 0.5) is 0 Å². The fourth-order valence-electron chi connectivity index (χ4n) is 1.13. The summed E-state index contributed by atoms with van der Waals surface area (Å²) in [4.78, 5) is 0. The molecule has 0 bridgehead atoms. The second-order valence-corrected chi connectivity index (χ2v) is 4.18. The van der Waals surface area contributed by atoms with E-state index in [0.29, 0.717) is 6.16 Å². The van der Waals surface area contributed by atoms with E-state index in [0.717, 1.165) is 13.1 Å². The van der Waals surface area contributed by atoms with E-state index in [4.69, 9.17) is 4.62 Å². The Kier molecular flexibility index (Phi) is 3.98. The molecule has 4 heteroatoms. The van der Waals surface area contributed by atoms with Crippen molar-refractivity contribution in [3.63, 3.8) is 0 Å². The highest BCUT2D eigenvalue weighted by Crippen LogP contribution is 2.24. The first-order chi connectivity index (χ1) is 5.33. The highest BCUT2D eigenvalue weighted by molar-refractivity contribution is 7.38. The van der Waals surface area contributed by atoms with Crippen molar-refractivity contribution < 1.29 is 9.19 Å². The fraction of sp³-hybridized carbons (Fsp3) is 1.00. The first-order valence-corrected chi connectivity index (χ1v) is 5.57. The number of hydroxylamine groups is 2. The third-order valence-corrected chi connectivity index (χ3v) is 2.71. The number of nitrogens with zero attached hydrogens (tertiary/aromatic N) is 1. The molecular weight excluding hydrogens is 161 g/mol. The molecule has 0 amide bonds. The molecule has 1 fully saturated rings. The summed E-state index contributed by atoms with van der Waals surface area (Å²) in [6.45, 7) is 3.77. The Morgan fingerprint density at radius 3 is 2.55 bits per heavy atom. The van der Waals surface area contributed by atoms with Crippen molar-refractivity contribution in [3.8, 4) is 0 Å². The van der Waals surface area contributed by atoms with Gasteiger partial charge in [0.05, 0.1) is 0 Å². The van der Waals surface area contributed by atoms with Crippen LogP contribution in [-0.4, -0.2) is 24.3 Å². The molecule has 11 heavy (non-hydrogen) atoms. The van der Waals surface area contributed by atoms with Crippen LogP contribution in [0, 0.1) is 0 Å². The first-order valence-electron chi connectivity index (χ1n) is 4.20. The van der Waals surface area contributed by atoms with Crippen molar-refractivity contribution in [2.75, 3.05) is 19.3 Å². The largest absolute Gasteiger partial charge is 0.526 e. The third-order valence-electron chi connectivity index (χ3n) is 1.78. The van der Waals surface area contributed by atoms with E-state index in [2.05, 4.69) is 0 Å². The lowest BCUT2D eigenvalue weighted by Crippen LogP contribution is -2.27. The Balaban J connectivity index is 2.19. The average Bonchev–Trinajstić information content (AvgIpc) is 2.06. The molecule has 1 rings (SSSR count). The van der Waals surface area contributed by atoms with Crippen LogP contribution in [0.15, 0.2) is 0 Å². The molecule has 1 aliphatic heterocycles. The van der Waals surface area contributed by atoms with Gasteiger partial charge < -0.3 is 0 Å². The molecule has 0 aromatic heterocycles. The molecule has 3 nitrogen and oxygen atoms in total. The lowest BCUT2D eigenvalue weighted by atomic mass is 10.2. The standard InChI is InChI=1S/C7H15NO2P/c1-2-11(9)10-8-6-4-3-5-7-8/h2-7H2,1H3/q+1. The van der Waals surface area contributed by atoms with Gasteiger partial charge in [0.2, 0.25) is 0 Å². The summed E-state index contributed by atoms with van der Waals surface area (Å²) in [6.07, 6.45) is 4.24. The zero-order valence-corrected chi connectivity index (χ0v) is 7.85. The SMILES string of the molecule is CC[P+](=O)ON1CCCCC1. The molecule has 1 unspecified atom stereocenters. The van der Waals surface area contributed by atoms with Gasteiger partial charge in [0.15, 0.2) is 6.16 Å². The van der Waals surface area contributed by atoms with Gasteiger partial charge in [-0.3, -0.25) is 0 Å². The summed E-state index contributed by atoms with van der Waals surface area (Å²) in [6, 6.07) is 0. The Morgan fingerprint density at radius 2 is 2.00 bits per heavy atom. The van der Waals surface area contributed by atoms with Crippen LogP contribution in [0.2, 0.25) is 0 Å². The zero-order valence-electron chi connectivity index (χ0n) is 6.95. The van der Waals surface area contributed by atoms with Crippen molar-refractivity contribution >= 4 is 8.03 Å². The molecule has 0 aliphatic carbocycles. The van der Waals surface area contributed by atoms with Gasteiger partial charge in [-0.2, -0.15) is 0 Å². The second kappa shape index (κ2) is 4.81. The quantitative estimate of drug-likeness (QED) is 0.617. The predicted molar refractivity (Wildman–Crippen MR) is 44.7 cm³/mol. The maximum atomic E-state index is 11.0. The van der Waals surface area contributed by atoms with Gasteiger partial charge in [-0.05, 0) is 29.0 Å². The van der Waals surface area contributed by atoms with Crippen LogP contribution in [-0.2, 0) is 9.19 Å². The summed E-state index contributed by atoms with van der Waals surface area (Å²) in [7, 11) is -1.43. The van der Waals surface area contributed by atoms with Crippen LogP contribution in [0.5, 0.6) is 0 Å². The molecule has 0 aromatic rings. The van der Waals surface area contributed by atoms with Crippen LogP contribution < -0.4 is 0 Å². The molecule has 0 radical (unpaired) electrons. The van der Waals surface area contributed by atoms with E-state index in [1.807, 2.05) is 12.0 Å². The summed E-state index contributed by atoms with van der Waals surface area (Å²) in [5, 5.41) is 1.84. The van der Waals surface area contributed by atoms with E-state index in [1.54, 1.807) is 0 Å². The van der Waals surface area contributed by atoms with Crippen molar-refractivity contribution in [1.82, 2.24) is 5.06 Å². The molecular formula is C7H15NO2P+. The molecule has 64 valence electrons. The molecule has 0 spiro atoms. The lowest BCUT2D eigenvalue weighted by Gasteiger charge is -2.19. The topological polar surface area (TPSA) is 29.5 Å². The van der Waals surface area contributed by atoms with E-state index in [1.165, 1.54) is 19.3 Å². The van der Waals surface area contributed by atoms with Crippen LogP contribution in [0.1, 0.15) is 26.2 Å². The van der Waals surface area contributed by atoms with Gasteiger partial charge in [-0.1, -0.05) is 6.42 Å². The minimum absolute atomic E-state index is 0.617. The second-order valence-electron chi connectivity index (χ2n) is 2.72. The summed E-state index contributed by atoms with van der Waals surface area (Å²) < 4.78 is 16.1. The molecule has 0 aromatic carbocycles. The minimum Gasteiger partial charge on any atom is -0.138 e. The van der Waals surface area contributed by atoms with Crippen molar-refractivity contribution in [3.05, 3.63) is 0 Å². The smallest absolute Gasteiger partial charge is 0.138 e. The van der Waals surface area contributed by atoms with E-state index >= 15 is 0 Å². The van der Waals surface area contributed by atoms with Crippen LogP contribution in [0.25, 0.3) is 0 Å². The predicted octanol–water partition coefficient (Wildman–Crippen LogP) is 2.17. The first kappa shape index (κ1) is 9.11. The van der Waals surface area contributed by atoms with Gasteiger partial charge in [0.25, 0.3) is 0 Å². The van der Waals surface area contributed by atoms with Gasteiger partial charge in [0, 0.05) is 13.1 Å². The lowest BCUT2D eigenvalue weighted by molar-refractivity contribution is -0.0644. The third kappa shape index (κ3) is 3.28. The Bertz CT molecular complexity index is 134. The Hall–Kier alpha value is 0.0200. The van der Waals surface area contributed by atoms with E-state index in [9.17, 15) is 4.57 Å². The highest BCUT2D eigenvalue weighted by Gasteiger charge is 2.21. The molecule has 0 N–H and O–H groups in total. The van der Waals surface area contributed by atoms with E-state index < -0.39 is 8.03 Å². The highest BCUT2D eigenvalue weighted by atomic mass is 31.1. The van der Waals surface area contributed by atoms with Crippen molar-refractivity contribution in [2.45, 2.75) is 26.2 Å². The average molecular weight is 176 g/mol. The van der Waals surface area contributed by atoms with Crippen LogP contribution in [0.3, 0.4) is 0 Å². The molecule has 1 aliphatic rings. The van der Waals surface area contributed by atoms with E-state index in [-0.39, 0.29) is 0 Å². The summed E-state index contributed by atoms with van der Waals surface area (Å²) >= 11 is 0. The fourth-order valence-corrected chi connectivity index (χ4v) is 1.67. The van der Waals surface area contributed by atoms with Gasteiger partial charge in [-0.15, -0.1) is 5.06 Å². The minimum atomic E-state index is -1.43. The summed E-state index contributed by atoms with van der Waals surface area (Å²) in [5.74, 6) is 0. The number of hydrogen-bond acceptors (Lipinski definition) is 3. The maximum absolute atomic E-state index is 11.0. The Labute approximate surface area is 68.5 Å². The monoisotopic (exact) mass is 176 g/mol. The van der Waals surface area contributed by atoms with Crippen LogP contribution >= 0.6 is 8.03 Å². The Morgan fingerprint density at radius 1 is 1.36 bits per heavy atom. The molecule has 1 atom stereocenters. The van der Waals surface area contributed by atoms with Gasteiger partial charge >= 0.3 is 8.03 Å².